The molecule has 0 bridgehead atoms. The SMILES string of the molecule is O=C(O)/C=C\C(=O)O.c1ncc(CCCOCCCC2CCCC2)[nH]1. The van der Waals surface area contributed by atoms with E-state index < -0.39 is 11.9 Å². The van der Waals surface area contributed by atoms with Crippen molar-refractivity contribution in [2.24, 2.45) is 5.92 Å². The molecule has 1 aromatic heterocycles. The number of aliphatic carboxylic acids is 2. The van der Waals surface area contributed by atoms with E-state index in [9.17, 15) is 9.59 Å². The van der Waals surface area contributed by atoms with Gasteiger partial charge in [0, 0.05) is 37.3 Å². The van der Waals surface area contributed by atoms with Gasteiger partial charge in [0.1, 0.15) is 0 Å². The Morgan fingerprint density at radius 1 is 1.16 bits per heavy atom. The van der Waals surface area contributed by atoms with Gasteiger partial charge in [-0.15, -0.1) is 0 Å². The number of carboxylic acid groups (broad SMARTS) is 2. The number of carbonyl (C=O) groups is 2. The van der Waals surface area contributed by atoms with E-state index in [1.165, 1.54) is 44.2 Å². The number of aromatic nitrogens is 2. The summed E-state index contributed by atoms with van der Waals surface area (Å²) in [7, 11) is 0. The maximum absolute atomic E-state index is 9.55. The molecule has 0 radical (unpaired) electrons. The van der Waals surface area contributed by atoms with Crippen LogP contribution >= 0.6 is 0 Å². The molecule has 1 saturated carbocycles. The Kier molecular flexibility index (Phi) is 11.0. The Labute approximate surface area is 148 Å². The number of H-pyrrole nitrogens is 1. The van der Waals surface area contributed by atoms with Gasteiger partial charge < -0.3 is 19.9 Å². The molecule has 1 heterocycles. The van der Waals surface area contributed by atoms with Gasteiger partial charge in [-0.25, -0.2) is 14.6 Å². The summed E-state index contributed by atoms with van der Waals surface area (Å²) >= 11 is 0. The highest BCUT2D eigenvalue weighted by molar-refractivity contribution is 5.89. The fraction of sp³-hybridized carbons (Fsp3) is 0.611. The molecule has 0 spiro atoms. The minimum atomic E-state index is -1.26. The zero-order chi connectivity index (χ0) is 18.3. The van der Waals surface area contributed by atoms with E-state index in [2.05, 4.69) is 9.97 Å². The van der Waals surface area contributed by atoms with Gasteiger partial charge in [0.2, 0.25) is 0 Å². The highest BCUT2D eigenvalue weighted by Gasteiger charge is 2.13. The van der Waals surface area contributed by atoms with E-state index in [0.29, 0.717) is 12.2 Å². The van der Waals surface area contributed by atoms with Crippen LogP contribution < -0.4 is 0 Å². The second-order valence-electron chi connectivity index (χ2n) is 6.10. The van der Waals surface area contributed by atoms with Crippen molar-refractivity contribution in [1.82, 2.24) is 9.97 Å². The Bertz CT molecular complexity index is 492. The molecule has 0 aliphatic heterocycles. The molecule has 140 valence electrons. The summed E-state index contributed by atoms with van der Waals surface area (Å²) in [6.07, 6.45) is 15.3. The average Bonchev–Trinajstić information content (AvgIpc) is 3.26. The number of ether oxygens (including phenoxy) is 1. The van der Waals surface area contributed by atoms with Gasteiger partial charge in [0.05, 0.1) is 6.33 Å². The van der Waals surface area contributed by atoms with Crippen LogP contribution in [0.4, 0.5) is 0 Å². The molecule has 0 saturated heterocycles. The van der Waals surface area contributed by atoms with Crippen molar-refractivity contribution in [3.8, 4) is 0 Å². The average molecular weight is 352 g/mol. The summed E-state index contributed by atoms with van der Waals surface area (Å²) in [5.74, 6) is -1.51. The van der Waals surface area contributed by atoms with Crippen LogP contribution in [-0.2, 0) is 20.7 Å². The van der Waals surface area contributed by atoms with Gasteiger partial charge in [-0.05, 0) is 31.6 Å². The van der Waals surface area contributed by atoms with Crippen LogP contribution in [0, 0.1) is 5.92 Å². The number of nitrogens with one attached hydrogen (secondary N) is 1. The molecule has 3 N–H and O–H groups in total. The molecule has 0 amide bonds. The standard InChI is InChI=1S/C14H24N2O.C4H4O4/c1-2-6-13(5-1)7-3-9-17-10-4-8-14-11-15-12-16-14;5-3(6)1-2-4(7)8/h11-13H,1-10H2,(H,15,16);1-2H,(H,5,6)(H,7,8)/b;2-1-. The number of rotatable bonds is 10. The van der Waals surface area contributed by atoms with E-state index in [0.717, 1.165) is 32.0 Å². The molecule has 1 aliphatic carbocycles. The summed E-state index contributed by atoms with van der Waals surface area (Å²) in [5, 5.41) is 15.6. The van der Waals surface area contributed by atoms with Gasteiger partial charge in [0.15, 0.2) is 0 Å². The highest BCUT2D eigenvalue weighted by atomic mass is 16.5. The van der Waals surface area contributed by atoms with Crippen LogP contribution in [-0.4, -0.2) is 45.3 Å². The third-order valence-corrected chi connectivity index (χ3v) is 4.03. The molecular weight excluding hydrogens is 324 g/mol. The number of aryl methyl sites for hydroxylation is 1. The zero-order valence-electron chi connectivity index (χ0n) is 14.5. The Morgan fingerprint density at radius 3 is 2.36 bits per heavy atom. The van der Waals surface area contributed by atoms with E-state index in [1.807, 2.05) is 6.20 Å². The maximum Gasteiger partial charge on any atom is 0.328 e. The van der Waals surface area contributed by atoms with Crippen LogP contribution in [0.3, 0.4) is 0 Å². The first kappa shape index (κ1) is 20.9. The second kappa shape index (κ2) is 13.2. The quantitative estimate of drug-likeness (QED) is 0.441. The third kappa shape index (κ3) is 11.9. The number of hydrogen-bond acceptors (Lipinski definition) is 4. The van der Waals surface area contributed by atoms with Crippen molar-refractivity contribution in [3.05, 3.63) is 30.4 Å². The normalized spacial score (nSPS) is 14.4. The van der Waals surface area contributed by atoms with Crippen molar-refractivity contribution >= 4 is 11.9 Å². The topological polar surface area (TPSA) is 113 Å². The monoisotopic (exact) mass is 352 g/mol. The van der Waals surface area contributed by atoms with Crippen LogP contribution in [0.5, 0.6) is 0 Å². The van der Waals surface area contributed by atoms with Crippen molar-refractivity contribution in [2.75, 3.05) is 13.2 Å². The minimum absolute atomic E-state index is 0.558. The number of hydrogen-bond donors (Lipinski definition) is 3. The molecule has 0 atom stereocenters. The molecule has 0 aromatic carbocycles. The summed E-state index contributed by atoms with van der Waals surface area (Å²) in [6, 6.07) is 0. The molecule has 25 heavy (non-hydrogen) atoms. The summed E-state index contributed by atoms with van der Waals surface area (Å²) in [4.78, 5) is 26.2. The Morgan fingerprint density at radius 2 is 1.80 bits per heavy atom. The Balaban J connectivity index is 0.000000333. The van der Waals surface area contributed by atoms with Crippen molar-refractivity contribution in [3.63, 3.8) is 0 Å². The fourth-order valence-electron chi connectivity index (χ4n) is 2.80. The molecule has 1 aromatic rings. The molecular formula is C18H28N2O5. The van der Waals surface area contributed by atoms with Crippen LogP contribution in [0.15, 0.2) is 24.7 Å². The largest absolute Gasteiger partial charge is 0.478 e. The van der Waals surface area contributed by atoms with Gasteiger partial charge in [0.25, 0.3) is 0 Å². The van der Waals surface area contributed by atoms with E-state index >= 15 is 0 Å². The van der Waals surface area contributed by atoms with Gasteiger partial charge >= 0.3 is 11.9 Å². The minimum Gasteiger partial charge on any atom is -0.478 e. The van der Waals surface area contributed by atoms with Crippen molar-refractivity contribution in [2.45, 2.75) is 51.4 Å². The van der Waals surface area contributed by atoms with Gasteiger partial charge in [-0.1, -0.05) is 25.7 Å². The van der Waals surface area contributed by atoms with Crippen LogP contribution in [0.1, 0.15) is 50.6 Å². The fourth-order valence-corrected chi connectivity index (χ4v) is 2.80. The lowest BCUT2D eigenvalue weighted by Crippen LogP contribution is -2.01. The summed E-state index contributed by atoms with van der Waals surface area (Å²) in [5.41, 5.74) is 1.21. The maximum atomic E-state index is 9.55. The zero-order valence-corrected chi connectivity index (χ0v) is 14.5. The molecule has 0 unspecified atom stereocenters. The Hall–Kier alpha value is -2.15. The number of imidazole rings is 1. The van der Waals surface area contributed by atoms with Crippen LogP contribution in [0.25, 0.3) is 0 Å². The molecule has 7 heteroatoms. The predicted octanol–water partition coefficient (Wildman–Crippen LogP) is 3.04. The third-order valence-electron chi connectivity index (χ3n) is 4.03. The number of nitrogens with zero attached hydrogens (tertiary/aromatic N) is 1. The lowest BCUT2D eigenvalue weighted by molar-refractivity contribution is -0.134. The lowest BCUT2D eigenvalue weighted by Gasteiger charge is -2.08. The summed E-state index contributed by atoms with van der Waals surface area (Å²) in [6.45, 7) is 1.82. The second-order valence-corrected chi connectivity index (χ2v) is 6.10. The first-order valence-electron chi connectivity index (χ1n) is 8.77. The van der Waals surface area contributed by atoms with Gasteiger partial charge in [-0.2, -0.15) is 0 Å². The molecule has 1 aliphatic rings. The predicted molar refractivity (Wildman–Crippen MR) is 93.3 cm³/mol. The van der Waals surface area contributed by atoms with E-state index in [1.54, 1.807) is 6.33 Å². The number of aromatic amines is 1. The van der Waals surface area contributed by atoms with Crippen molar-refractivity contribution in [1.29, 1.82) is 0 Å². The van der Waals surface area contributed by atoms with Crippen molar-refractivity contribution < 1.29 is 24.5 Å². The smallest absolute Gasteiger partial charge is 0.328 e. The van der Waals surface area contributed by atoms with E-state index in [-0.39, 0.29) is 0 Å². The van der Waals surface area contributed by atoms with E-state index in [4.69, 9.17) is 14.9 Å². The molecule has 1 fully saturated rings. The molecule has 7 nitrogen and oxygen atoms in total. The first-order valence-corrected chi connectivity index (χ1v) is 8.77. The first-order chi connectivity index (χ1) is 12.1. The van der Waals surface area contributed by atoms with Gasteiger partial charge in [-0.3, -0.25) is 0 Å². The summed E-state index contributed by atoms with van der Waals surface area (Å²) < 4.78 is 5.66. The highest BCUT2D eigenvalue weighted by Crippen LogP contribution is 2.28. The lowest BCUT2D eigenvalue weighted by atomic mass is 10.0. The number of carboxylic acids is 2. The molecule has 2 rings (SSSR count). The van der Waals surface area contributed by atoms with Crippen LogP contribution in [0.2, 0.25) is 0 Å².